The molecule has 9 nitrogen and oxygen atoms in total. The van der Waals surface area contributed by atoms with Crippen molar-refractivity contribution in [3.63, 3.8) is 0 Å². The van der Waals surface area contributed by atoms with Crippen LogP contribution in [0.15, 0.2) is 35.1 Å². The third kappa shape index (κ3) is 6.38. The van der Waals surface area contributed by atoms with Crippen molar-refractivity contribution in [1.82, 2.24) is 15.4 Å². The predicted octanol–water partition coefficient (Wildman–Crippen LogP) is 4.02. The maximum absolute atomic E-state index is 12.3. The maximum Gasteiger partial charge on any atom is 0.355 e. The molecule has 29 heavy (non-hydrogen) atoms. The lowest BCUT2D eigenvalue weighted by atomic mass is 10.1. The first-order valence-corrected chi connectivity index (χ1v) is 10.0. The molecule has 2 rings (SSSR count). The molecule has 0 aliphatic heterocycles. The number of benzene rings is 1. The Morgan fingerprint density at radius 2 is 1.72 bits per heavy atom. The van der Waals surface area contributed by atoms with Crippen LogP contribution in [0.2, 0.25) is 0 Å². The summed E-state index contributed by atoms with van der Waals surface area (Å²) in [6.07, 6.45) is 1.25. The first-order valence-electron chi connectivity index (χ1n) is 9.25. The van der Waals surface area contributed by atoms with Crippen molar-refractivity contribution in [1.29, 1.82) is 0 Å². The monoisotopic (exact) mass is 464 g/mol. The van der Waals surface area contributed by atoms with Crippen LogP contribution in [0.5, 0.6) is 0 Å². The van der Waals surface area contributed by atoms with E-state index in [1.54, 1.807) is 24.3 Å². The van der Waals surface area contributed by atoms with Crippen LogP contribution in [-0.2, 0) is 0 Å². The Kier molecular flexibility index (Phi) is 7.89. The quantitative estimate of drug-likeness (QED) is 0.425. The molecule has 0 spiro atoms. The smallest absolute Gasteiger partial charge is 0.350 e. The summed E-state index contributed by atoms with van der Waals surface area (Å²) in [4.78, 5) is 33.6. The molecule has 0 aliphatic carbocycles. The summed E-state index contributed by atoms with van der Waals surface area (Å²) in [5.41, 5.74) is 5.17. The van der Waals surface area contributed by atoms with E-state index in [9.17, 15) is 14.9 Å². The summed E-state index contributed by atoms with van der Waals surface area (Å²) in [5, 5.41) is 11.8. The van der Waals surface area contributed by atoms with E-state index < -0.39 is 10.8 Å². The van der Waals surface area contributed by atoms with Gasteiger partial charge in [-0.2, -0.15) is 0 Å². The highest BCUT2D eigenvalue weighted by molar-refractivity contribution is 9.10. The minimum Gasteiger partial charge on any atom is -0.350 e. The Hall–Kier alpha value is -2.75. The molecule has 0 bridgehead atoms. The zero-order valence-corrected chi connectivity index (χ0v) is 18.4. The first kappa shape index (κ1) is 22.5. The van der Waals surface area contributed by atoms with E-state index in [1.807, 2.05) is 32.6 Å². The highest BCUT2D eigenvalue weighted by Crippen LogP contribution is 2.32. The van der Waals surface area contributed by atoms with Gasteiger partial charge in [-0.3, -0.25) is 25.8 Å². The van der Waals surface area contributed by atoms with E-state index in [2.05, 4.69) is 36.7 Å². The van der Waals surface area contributed by atoms with E-state index >= 15 is 0 Å². The molecule has 1 amide bonds. The van der Waals surface area contributed by atoms with Gasteiger partial charge in [-0.15, -0.1) is 0 Å². The molecule has 1 aromatic carbocycles. The number of carbonyl (C=O) groups excluding carboxylic acids is 1. The van der Waals surface area contributed by atoms with Crippen LogP contribution in [0.3, 0.4) is 0 Å². The van der Waals surface area contributed by atoms with Gasteiger partial charge in [0.2, 0.25) is 11.6 Å². The number of hydrogen-bond acceptors (Lipinski definition) is 7. The third-order valence-corrected chi connectivity index (χ3v) is 4.39. The number of rotatable bonds is 9. The van der Waals surface area contributed by atoms with Crippen LogP contribution < -0.4 is 15.8 Å². The lowest BCUT2D eigenvalue weighted by Gasteiger charge is -2.27. The van der Waals surface area contributed by atoms with Crippen molar-refractivity contribution in [3.05, 3.63) is 50.7 Å². The van der Waals surface area contributed by atoms with Crippen molar-refractivity contribution in [2.45, 2.75) is 27.7 Å². The first-order chi connectivity index (χ1) is 13.7. The molecule has 0 saturated heterocycles. The van der Waals surface area contributed by atoms with Crippen molar-refractivity contribution < 1.29 is 9.72 Å². The molecule has 0 unspecified atom stereocenters. The lowest BCUT2D eigenvalue weighted by Crippen LogP contribution is -2.34. The van der Waals surface area contributed by atoms with E-state index in [0.29, 0.717) is 18.7 Å². The number of hydrogen-bond donors (Lipinski definition) is 2. The molecule has 0 atom stereocenters. The molecule has 156 valence electrons. The maximum atomic E-state index is 12.3. The Morgan fingerprint density at radius 3 is 2.24 bits per heavy atom. The van der Waals surface area contributed by atoms with Crippen molar-refractivity contribution in [2.24, 2.45) is 11.8 Å². The lowest BCUT2D eigenvalue weighted by molar-refractivity contribution is -0.383. The number of nitrogens with one attached hydrogen (secondary N) is 2. The summed E-state index contributed by atoms with van der Waals surface area (Å²) in [6.45, 7) is 9.38. The largest absolute Gasteiger partial charge is 0.355 e. The molecule has 1 aromatic heterocycles. The van der Waals surface area contributed by atoms with Gasteiger partial charge in [0.1, 0.15) is 6.33 Å². The standard InChI is InChI=1S/C19H25BrN6O3/c1-12(2)9-25(10-13(3)4)18-16(26(28)29)17(21-11-22-18)23-24-19(27)14-5-7-15(20)8-6-14/h5-8,11-13H,9-10H2,1-4H3,(H,24,27)(H,21,22,23). The fourth-order valence-corrected chi connectivity index (χ4v) is 3.04. The van der Waals surface area contributed by atoms with Gasteiger partial charge >= 0.3 is 5.69 Å². The fourth-order valence-electron chi connectivity index (χ4n) is 2.78. The molecule has 0 aliphatic rings. The number of hydrazine groups is 1. The fraction of sp³-hybridized carbons (Fsp3) is 0.421. The highest BCUT2D eigenvalue weighted by Gasteiger charge is 2.28. The van der Waals surface area contributed by atoms with E-state index in [4.69, 9.17) is 0 Å². The van der Waals surface area contributed by atoms with Crippen LogP contribution in [0.4, 0.5) is 17.3 Å². The topological polar surface area (TPSA) is 113 Å². The van der Waals surface area contributed by atoms with E-state index in [0.717, 1.165) is 4.47 Å². The predicted molar refractivity (Wildman–Crippen MR) is 116 cm³/mol. The van der Waals surface area contributed by atoms with Gasteiger partial charge in [0.05, 0.1) is 4.92 Å². The Morgan fingerprint density at radius 1 is 1.14 bits per heavy atom. The minimum atomic E-state index is -0.531. The molecular weight excluding hydrogens is 440 g/mol. The van der Waals surface area contributed by atoms with Gasteiger partial charge in [-0.25, -0.2) is 9.97 Å². The number of halogens is 1. The highest BCUT2D eigenvalue weighted by atomic mass is 79.9. The SMILES string of the molecule is CC(C)CN(CC(C)C)c1ncnc(NNC(=O)c2ccc(Br)cc2)c1[N+](=O)[O-]. The average Bonchev–Trinajstić information content (AvgIpc) is 2.64. The molecule has 0 fully saturated rings. The number of nitrogens with zero attached hydrogens (tertiary/aromatic N) is 4. The molecule has 2 N–H and O–H groups in total. The van der Waals surface area contributed by atoms with E-state index in [-0.39, 0.29) is 29.2 Å². The summed E-state index contributed by atoms with van der Waals surface area (Å²) >= 11 is 3.31. The summed E-state index contributed by atoms with van der Waals surface area (Å²) < 4.78 is 0.841. The van der Waals surface area contributed by atoms with Crippen LogP contribution >= 0.6 is 15.9 Å². The van der Waals surface area contributed by atoms with Crippen LogP contribution in [-0.4, -0.2) is 33.9 Å². The number of amides is 1. The zero-order valence-electron chi connectivity index (χ0n) is 16.8. The second-order valence-electron chi connectivity index (χ2n) is 7.43. The summed E-state index contributed by atoms with van der Waals surface area (Å²) in [5.74, 6) is 0.303. The van der Waals surface area contributed by atoms with Gasteiger partial charge < -0.3 is 4.90 Å². The summed E-state index contributed by atoms with van der Waals surface area (Å²) in [7, 11) is 0. The number of anilines is 2. The van der Waals surface area contributed by atoms with Crippen molar-refractivity contribution >= 4 is 39.2 Å². The molecule has 0 saturated carbocycles. The average molecular weight is 465 g/mol. The Labute approximate surface area is 178 Å². The van der Waals surface area contributed by atoms with Crippen molar-refractivity contribution in [3.8, 4) is 0 Å². The van der Waals surface area contributed by atoms with Gasteiger partial charge in [0.25, 0.3) is 5.91 Å². The zero-order chi connectivity index (χ0) is 21.6. The molecule has 1 heterocycles. The second-order valence-corrected chi connectivity index (χ2v) is 8.35. The third-order valence-electron chi connectivity index (χ3n) is 3.86. The Bertz CT molecular complexity index is 848. The van der Waals surface area contributed by atoms with Gasteiger partial charge in [-0.1, -0.05) is 43.6 Å². The van der Waals surface area contributed by atoms with Gasteiger partial charge in [0.15, 0.2) is 0 Å². The molecule has 10 heteroatoms. The van der Waals surface area contributed by atoms with Crippen LogP contribution in [0.25, 0.3) is 0 Å². The van der Waals surface area contributed by atoms with Gasteiger partial charge in [-0.05, 0) is 36.1 Å². The molecule has 0 radical (unpaired) electrons. The second kappa shape index (κ2) is 10.1. The normalized spacial score (nSPS) is 10.9. The minimum absolute atomic E-state index is 0.0667. The van der Waals surface area contributed by atoms with Crippen LogP contribution in [0, 0.1) is 22.0 Å². The van der Waals surface area contributed by atoms with Crippen LogP contribution in [0.1, 0.15) is 38.1 Å². The molecule has 2 aromatic rings. The number of carbonyl (C=O) groups is 1. The van der Waals surface area contributed by atoms with Crippen molar-refractivity contribution in [2.75, 3.05) is 23.4 Å². The summed E-state index contributed by atoms with van der Waals surface area (Å²) in [6, 6.07) is 6.73. The number of nitro groups is 1. The molecular formula is C19H25BrN6O3. The van der Waals surface area contributed by atoms with E-state index in [1.165, 1.54) is 6.33 Å². The Balaban J connectivity index is 2.30. The number of aromatic nitrogens is 2. The van der Waals surface area contributed by atoms with Gasteiger partial charge in [0, 0.05) is 23.1 Å².